The van der Waals surface area contributed by atoms with Crippen molar-refractivity contribution in [3.8, 4) is 67.3 Å². The maximum absolute atomic E-state index is 5.28. The van der Waals surface area contributed by atoms with Crippen LogP contribution < -0.4 is 5.32 Å². The maximum atomic E-state index is 5.28. The van der Waals surface area contributed by atoms with Gasteiger partial charge in [-0.25, -0.2) is 9.97 Å². The zero-order chi connectivity index (χ0) is 40.0. The standard InChI is InChI=1S/C56H39N3S/c1-56(2)45-22-11-9-18-40(45)44-32-38(28-30-46(44)56)55-57-47(35-14-5-3-6-15-35)33-48(58-55)36-26-24-34(25-27-36)39-20-13-21-42-51-43(53(59-54(39)42)37-16-7-4-8-17-37)29-31-50-52(51)41-19-10-12-23-49(41)60-50/h3-33,53,59H,1-2H3. The summed E-state index contributed by atoms with van der Waals surface area (Å²) in [5.74, 6) is 0.722. The van der Waals surface area contributed by atoms with Crippen LogP contribution in [0.2, 0.25) is 0 Å². The minimum absolute atomic E-state index is 0.00630. The van der Waals surface area contributed by atoms with E-state index >= 15 is 0 Å². The summed E-state index contributed by atoms with van der Waals surface area (Å²) in [4.78, 5) is 10.5. The van der Waals surface area contributed by atoms with Gasteiger partial charge in [-0.2, -0.15) is 0 Å². The number of para-hydroxylation sites is 1. The Bertz CT molecular complexity index is 3310. The highest BCUT2D eigenvalue weighted by molar-refractivity contribution is 7.26. The van der Waals surface area contributed by atoms with Gasteiger partial charge >= 0.3 is 0 Å². The molecule has 1 unspecified atom stereocenters. The number of nitrogens with one attached hydrogen (secondary N) is 1. The summed E-state index contributed by atoms with van der Waals surface area (Å²) < 4.78 is 2.63. The number of anilines is 1. The molecule has 1 aliphatic carbocycles. The summed E-state index contributed by atoms with van der Waals surface area (Å²) in [6.45, 7) is 4.63. The summed E-state index contributed by atoms with van der Waals surface area (Å²) in [5, 5.41) is 6.71. The predicted molar refractivity (Wildman–Crippen MR) is 252 cm³/mol. The number of benzene rings is 8. The van der Waals surface area contributed by atoms with Gasteiger partial charge in [-0.15, -0.1) is 11.3 Å². The Morgan fingerprint density at radius 3 is 1.93 bits per heavy atom. The average Bonchev–Trinajstić information content (AvgIpc) is 3.80. The number of nitrogens with zero attached hydrogens (tertiary/aromatic N) is 2. The van der Waals surface area contributed by atoms with Crippen molar-refractivity contribution in [1.29, 1.82) is 0 Å². The summed E-state index contributed by atoms with van der Waals surface area (Å²) in [6.07, 6.45) is 0. The lowest BCUT2D eigenvalue weighted by molar-refractivity contribution is 0.660. The first-order valence-corrected chi connectivity index (χ1v) is 21.5. The van der Waals surface area contributed by atoms with Crippen LogP contribution in [0.4, 0.5) is 5.69 Å². The van der Waals surface area contributed by atoms with Gasteiger partial charge in [0.05, 0.1) is 23.1 Å². The molecule has 0 radical (unpaired) electrons. The molecule has 2 aromatic heterocycles. The van der Waals surface area contributed by atoms with Crippen molar-refractivity contribution in [2.75, 3.05) is 5.32 Å². The van der Waals surface area contributed by atoms with Crippen molar-refractivity contribution < 1.29 is 0 Å². The first-order valence-electron chi connectivity index (χ1n) is 20.7. The van der Waals surface area contributed by atoms with Gasteiger partial charge in [0, 0.05) is 53.4 Å². The number of hydrogen-bond donors (Lipinski definition) is 1. The van der Waals surface area contributed by atoms with Crippen molar-refractivity contribution >= 4 is 37.2 Å². The Balaban J connectivity index is 0.983. The molecule has 12 rings (SSSR count). The second-order valence-electron chi connectivity index (χ2n) is 16.6. The predicted octanol–water partition coefficient (Wildman–Crippen LogP) is 15.0. The zero-order valence-electron chi connectivity index (χ0n) is 33.3. The molecule has 0 spiro atoms. The van der Waals surface area contributed by atoms with Gasteiger partial charge in [0.15, 0.2) is 5.82 Å². The van der Waals surface area contributed by atoms with Gasteiger partial charge in [0.2, 0.25) is 0 Å². The summed E-state index contributed by atoms with van der Waals surface area (Å²) in [5.41, 5.74) is 18.7. The number of hydrogen-bond acceptors (Lipinski definition) is 4. The third kappa shape index (κ3) is 5.41. The molecule has 1 atom stereocenters. The lowest BCUT2D eigenvalue weighted by Gasteiger charge is -2.32. The molecule has 0 saturated heterocycles. The highest BCUT2D eigenvalue weighted by Gasteiger charge is 2.35. The van der Waals surface area contributed by atoms with E-state index in [9.17, 15) is 0 Å². The van der Waals surface area contributed by atoms with Crippen LogP contribution in [0.25, 0.3) is 87.5 Å². The van der Waals surface area contributed by atoms with E-state index in [0.29, 0.717) is 0 Å². The van der Waals surface area contributed by atoms with Crippen LogP contribution >= 0.6 is 11.3 Å². The quantitative estimate of drug-likeness (QED) is 0.189. The largest absolute Gasteiger partial charge is 0.373 e. The van der Waals surface area contributed by atoms with Crippen LogP contribution in [-0.4, -0.2) is 9.97 Å². The Hall–Kier alpha value is -7.14. The van der Waals surface area contributed by atoms with Crippen molar-refractivity contribution in [2.24, 2.45) is 0 Å². The summed E-state index contributed by atoms with van der Waals surface area (Å²) in [6, 6.07) is 68.1. The fourth-order valence-electron chi connectivity index (χ4n) is 9.81. The van der Waals surface area contributed by atoms with Crippen LogP contribution in [0.5, 0.6) is 0 Å². The molecule has 0 bridgehead atoms. The van der Waals surface area contributed by atoms with Gasteiger partial charge < -0.3 is 5.32 Å². The molecule has 0 fully saturated rings. The molecular formula is C56H39N3S. The minimum Gasteiger partial charge on any atom is -0.373 e. The first kappa shape index (κ1) is 34.9. The Morgan fingerprint density at radius 1 is 0.483 bits per heavy atom. The molecule has 60 heavy (non-hydrogen) atoms. The van der Waals surface area contributed by atoms with Crippen molar-refractivity contribution in [2.45, 2.75) is 25.3 Å². The molecule has 1 aliphatic heterocycles. The molecule has 284 valence electrons. The Labute approximate surface area is 353 Å². The monoisotopic (exact) mass is 785 g/mol. The van der Waals surface area contributed by atoms with Gasteiger partial charge in [0.1, 0.15) is 0 Å². The van der Waals surface area contributed by atoms with Gasteiger partial charge in [0.25, 0.3) is 0 Å². The van der Waals surface area contributed by atoms with E-state index < -0.39 is 0 Å². The molecule has 1 N–H and O–H groups in total. The number of aromatic nitrogens is 2. The average molecular weight is 786 g/mol. The maximum Gasteiger partial charge on any atom is 0.160 e. The van der Waals surface area contributed by atoms with Crippen molar-refractivity contribution in [3.63, 3.8) is 0 Å². The molecule has 0 saturated carbocycles. The molecule has 10 aromatic rings. The summed E-state index contributed by atoms with van der Waals surface area (Å²) >= 11 is 1.88. The summed E-state index contributed by atoms with van der Waals surface area (Å²) in [7, 11) is 0. The normalized spacial score (nSPS) is 14.6. The second-order valence-corrected chi connectivity index (χ2v) is 17.6. The van der Waals surface area contributed by atoms with E-state index in [1.165, 1.54) is 70.2 Å². The van der Waals surface area contributed by atoms with Crippen LogP contribution in [0.15, 0.2) is 188 Å². The van der Waals surface area contributed by atoms with Crippen LogP contribution in [0, 0.1) is 0 Å². The number of fused-ring (bicyclic) bond motifs is 10. The van der Waals surface area contributed by atoms with Gasteiger partial charge in [-0.3, -0.25) is 0 Å². The Kier molecular flexibility index (Phi) is 7.82. The molecule has 0 amide bonds. The van der Waals surface area contributed by atoms with E-state index in [2.05, 4.69) is 201 Å². The molecule has 3 heterocycles. The SMILES string of the molecule is CC1(C)c2ccccc2-c2cc(-c3nc(-c4ccccc4)cc(-c4ccc(-c5cccc6c5NC(c5ccccc5)c5ccc7sc8ccccc8c7c5-6)cc4)n3)ccc21. The molecule has 2 aliphatic rings. The third-order valence-corrected chi connectivity index (χ3v) is 13.9. The number of thiophene rings is 1. The van der Waals surface area contributed by atoms with E-state index in [4.69, 9.17) is 9.97 Å². The van der Waals surface area contributed by atoms with Crippen LogP contribution in [0.3, 0.4) is 0 Å². The van der Waals surface area contributed by atoms with E-state index in [0.717, 1.165) is 45.2 Å². The third-order valence-electron chi connectivity index (χ3n) is 12.8. The highest BCUT2D eigenvalue weighted by atomic mass is 32.1. The lowest BCUT2D eigenvalue weighted by atomic mass is 9.82. The van der Waals surface area contributed by atoms with E-state index in [1.807, 2.05) is 17.4 Å². The zero-order valence-corrected chi connectivity index (χ0v) is 34.1. The highest BCUT2D eigenvalue weighted by Crippen LogP contribution is 2.53. The molecular weight excluding hydrogens is 747 g/mol. The lowest BCUT2D eigenvalue weighted by Crippen LogP contribution is -2.19. The minimum atomic E-state index is -0.0615. The number of rotatable bonds is 5. The smallest absolute Gasteiger partial charge is 0.160 e. The second kappa shape index (κ2) is 13.5. The fraction of sp³-hybridized carbons (Fsp3) is 0.0714. The Morgan fingerprint density at radius 2 is 1.12 bits per heavy atom. The van der Waals surface area contributed by atoms with Gasteiger partial charge in [-0.05, 0) is 68.8 Å². The van der Waals surface area contributed by atoms with Crippen LogP contribution in [-0.2, 0) is 5.41 Å². The molecule has 8 aromatic carbocycles. The topological polar surface area (TPSA) is 37.8 Å². The van der Waals surface area contributed by atoms with E-state index in [-0.39, 0.29) is 11.5 Å². The van der Waals surface area contributed by atoms with E-state index in [1.54, 1.807) is 0 Å². The molecule has 4 heteroatoms. The first-order chi connectivity index (χ1) is 29.5. The van der Waals surface area contributed by atoms with Crippen LogP contribution in [0.1, 0.15) is 42.1 Å². The fourth-order valence-corrected chi connectivity index (χ4v) is 10.9. The van der Waals surface area contributed by atoms with Crippen molar-refractivity contribution in [3.05, 3.63) is 210 Å². The van der Waals surface area contributed by atoms with Gasteiger partial charge in [-0.1, -0.05) is 178 Å². The molecule has 3 nitrogen and oxygen atoms in total. The van der Waals surface area contributed by atoms with Crippen molar-refractivity contribution in [1.82, 2.24) is 9.97 Å².